The summed E-state index contributed by atoms with van der Waals surface area (Å²) in [5.74, 6) is -1.73. The Bertz CT molecular complexity index is 1230. The van der Waals surface area contributed by atoms with Crippen molar-refractivity contribution in [2.45, 2.75) is 50.5 Å². The predicted octanol–water partition coefficient (Wildman–Crippen LogP) is 4.78. The fourth-order valence-corrected chi connectivity index (χ4v) is 4.97. The molecular formula is C27H26F2N4O. The van der Waals surface area contributed by atoms with E-state index >= 15 is 0 Å². The number of ether oxygens (including phenoxy) is 1. The Morgan fingerprint density at radius 2 is 1.91 bits per heavy atom. The summed E-state index contributed by atoms with van der Waals surface area (Å²) in [5.41, 5.74) is 5.29. The topological polar surface area (TPSA) is 50.6 Å². The molecule has 2 fully saturated rings. The Labute approximate surface area is 197 Å². The molecule has 1 saturated carbocycles. The molecule has 0 atom stereocenters. The summed E-state index contributed by atoms with van der Waals surface area (Å²) >= 11 is 0. The number of rotatable bonds is 5. The van der Waals surface area contributed by atoms with Crippen LogP contribution in [0, 0.1) is 11.6 Å². The van der Waals surface area contributed by atoms with Gasteiger partial charge in [-0.1, -0.05) is 6.07 Å². The van der Waals surface area contributed by atoms with Gasteiger partial charge in [0.15, 0.2) is 11.6 Å². The summed E-state index contributed by atoms with van der Waals surface area (Å²) in [4.78, 5) is 16.1. The highest BCUT2D eigenvalue weighted by atomic mass is 19.2. The van der Waals surface area contributed by atoms with Gasteiger partial charge in [0.2, 0.25) is 0 Å². The summed E-state index contributed by atoms with van der Waals surface area (Å²) in [6.07, 6.45) is 9.61. The number of nitrogens with zero attached hydrogens (tertiary/aromatic N) is 4. The van der Waals surface area contributed by atoms with E-state index in [1.807, 2.05) is 24.7 Å². The van der Waals surface area contributed by atoms with E-state index in [4.69, 9.17) is 9.73 Å². The molecule has 1 aliphatic carbocycles. The lowest BCUT2D eigenvalue weighted by atomic mass is 9.84. The van der Waals surface area contributed by atoms with Gasteiger partial charge in [0.1, 0.15) is 0 Å². The van der Waals surface area contributed by atoms with Gasteiger partial charge in [-0.05, 0) is 67.1 Å². The number of hydrogen-bond acceptors (Lipinski definition) is 5. The molecule has 1 spiro atoms. The molecule has 2 aromatic heterocycles. The monoisotopic (exact) mass is 460 g/mol. The zero-order valence-corrected chi connectivity index (χ0v) is 18.9. The Kier molecular flexibility index (Phi) is 5.46. The van der Waals surface area contributed by atoms with Crippen molar-refractivity contribution in [1.29, 1.82) is 0 Å². The molecule has 6 rings (SSSR count). The second kappa shape index (κ2) is 8.64. The van der Waals surface area contributed by atoms with Crippen LogP contribution in [0.3, 0.4) is 0 Å². The third-order valence-electron chi connectivity index (χ3n) is 7.10. The van der Waals surface area contributed by atoms with Crippen molar-refractivity contribution >= 4 is 5.71 Å². The summed E-state index contributed by atoms with van der Waals surface area (Å²) in [6, 6.07) is 10.2. The normalized spacial score (nSPS) is 20.0. The van der Waals surface area contributed by atoms with Crippen molar-refractivity contribution in [2.75, 3.05) is 13.1 Å². The quantitative estimate of drug-likeness (QED) is 0.515. The predicted molar refractivity (Wildman–Crippen MR) is 124 cm³/mol. The highest BCUT2D eigenvalue weighted by molar-refractivity contribution is 6.11. The highest BCUT2D eigenvalue weighted by Gasteiger charge is 2.42. The van der Waals surface area contributed by atoms with Crippen molar-refractivity contribution < 1.29 is 13.5 Å². The number of benzene rings is 1. The van der Waals surface area contributed by atoms with Crippen LogP contribution in [0.15, 0.2) is 60.0 Å². The van der Waals surface area contributed by atoms with Gasteiger partial charge in [-0.2, -0.15) is 0 Å². The molecule has 1 aromatic carbocycles. The van der Waals surface area contributed by atoms with Crippen LogP contribution in [0.4, 0.5) is 8.78 Å². The van der Waals surface area contributed by atoms with Crippen molar-refractivity contribution in [3.05, 3.63) is 94.6 Å². The van der Waals surface area contributed by atoms with E-state index in [9.17, 15) is 8.78 Å². The minimum Gasteiger partial charge on any atom is -0.365 e. The Balaban J connectivity index is 1.15. The third-order valence-corrected chi connectivity index (χ3v) is 7.10. The highest BCUT2D eigenvalue weighted by Crippen LogP contribution is 2.43. The zero-order valence-electron chi connectivity index (χ0n) is 18.9. The molecule has 0 unspecified atom stereocenters. The summed E-state index contributed by atoms with van der Waals surface area (Å²) in [7, 11) is 0. The maximum atomic E-state index is 13.9. The molecule has 0 N–H and O–H groups in total. The number of hydrogen-bond donors (Lipinski definition) is 0. The molecule has 0 radical (unpaired) electrons. The van der Waals surface area contributed by atoms with E-state index in [0.717, 1.165) is 56.9 Å². The van der Waals surface area contributed by atoms with Gasteiger partial charge >= 0.3 is 0 Å². The summed E-state index contributed by atoms with van der Waals surface area (Å²) < 4.78 is 33.5. The average molecular weight is 461 g/mol. The number of aliphatic imine (C=N–C) groups is 1. The van der Waals surface area contributed by atoms with Gasteiger partial charge in [-0.25, -0.2) is 8.78 Å². The van der Waals surface area contributed by atoms with Gasteiger partial charge < -0.3 is 4.74 Å². The largest absolute Gasteiger partial charge is 0.365 e. The third kappa shape index (κ3) is 4.14. The SMILES string of the molecule is Fc1ccc(C(=NC2CC2)c2ccc(CN3CCC4(CC3)OCc3ccncc34)cn2)cc1F. The van der Waals surface area contributed by atoms with Crippen molar-refractivity contribution in [3.8, 4) is 0 Å². The Morgan fingerprint density at radius 1 is 1.06 bits per heavy atom. The van der Waals surface area contributed by atoms with Gasteiger partial charge in [0.25, 0.3) is 0 Å². The fraction of sp³-hybridized carbons (Fsp3) is 0.370. The van der Waals surface area contributed by atoms with Crippen molar-refractivity contribution in [2.24, 2.45) is 4.99 Å². The number of piperidine rings is 1. The zero-order chi connectivity index (χ0) is 23.1. The Morgan fingerprint density at radius 3 is 2.65 bits per heavy atom. The van der Waals surface area contributed by atoms with E-state index < -0.39 is 11.6 Å². The van der Waals surface area contributed by atoms with E-state index in [-0.39, 0.29) is 11.6 Å². The van der Waals surface area contributed by atoms with Crippen LogP contribution in [-0.2, 0) is 23.5 Å². The first kappa shape index (κ1) is 21.5. The number of fused-ring (bicyclic) bond motifs is 2. The van der Waals surface area contributed by atoms with E-state index in [1.165, 1.54) is 17.2 Å². The van der Waals surface area contributed by atoms with Crippen LogP contribution < -0.4 is 0 Å². The first-order chi connectivity index (χ1) is 16.6. The van der Waals surface area contributed by atoms with Gasteiger partial charge in [0, 0.05) is 49.4 Å². The van der Waals surface area contributed by atoms with Crippen LogP contribution in [0.5, 0.6) is 0 Å². The lowest BCUT2D eigenvalue weighted by molar-refractivity contribution is -0.0800. The van der Waals surface area contributed by atoms with Crippen LogP contribution >= 0.6 is 0 Å². The molecule has 5 nitrogen and oxygen atoms in total. The molecule has 34 heavy (non-hydrogen) atoms. The Hall–Kier alpha value is -3.03. The minimum absolute atomic E-state index is 0.194. The van der Waals surface area contributed by atoms with Crippen LogP contribution in [0.1, 0.15) is 53.6 Å². The average Bonchev–Trinajstić information content (AvgIpc) is 3.63. The summed E-state index contributed by atoms with van der Waals surface area (Å²) in [5, 5.41) is 0. The van der Waals surface area contributed by atoms with Crippen molar-refractivity contribution in [3.63, 3.8) is 0 Å². The number of aromatic nitrogens is 2. The smallest absolute Gasteiger partial charge is 0.159 e. The lowest BCUT2D eigenvalue weighted by Crippen LogP contribution is -2.42. The maximum absolute atomic E-state index is 13.9. The molecule has 1 saturated heterocycles. The molecule has 0 amide bonds. The van der Waals surface area contributed by atoms with Crippen LogP contribution in [-0.4, -0.2) is 39.7 Å². The number of likely N-dealkylation sites (tertiary alicyclic amines) is 1. The molecular weight excluding hydrogens is 434 g/mol. The van der Waals surface area contributed by atoms with Crippen LogP contribution in [0.25, 0.3) is 0 Å². The van der Waals surface area contributed by atoms with E-state index in [1.54, 1.807) is 6.07 Å². The molecule has 2 aliphatic heterocycles. The van der Waals surface area contributed by atoms with E-state index in [2.05, 4.69) is 27.0 Å². The molecule has 3 aliphatic rings. The van der Waals surface area contributed by atoms with Gasteiger partial charge in [0.05, 0.1) is 29.7 Å². The first-order valence-electron chi connectivity index (χ1n) is 11.9. The second-order valence-corrected chi connectivity index (χ2v) is 9.48. The first-order valence-corrected chi connectivity index (χ1v) is 11.9. The van der Waals surface area contributed by atoms with E-state index in [0.29, 0.717) is 23.6 Å². The lowest BCUT2D eigenvalue weighted by Gasteiger charge is -2.39. The standard InChI is InChI=1S/C27H26F2N4O/c28-23-5-2-19(13-24(23)29)26(32-21-3-4-21)25-6-1-18(14-31-25)16-33-11-8-27(9-12-33)22-15-30-10-7-20(22)17-34-27/h1-2,5-7,10,13-15,21H,3-4,8-9,11-12,16-17H2. The van der Waals surface area contributed by atoms with Crippen LogP contribution in [0.2, 0.25) is 0 Å². The van der Waals surface area contributed by atoms with Gasteiger partial charge in [-0.15, -0.1) is 0 Å². The second-order valence-electron chi connectivity index (χ2n) is 9.48. The molecule has 3 aromatic rings. The molecule has 174 valence electrons. The minimum atomic E-state index is -0.870. The molecule has 0 bridgehead atoms. The van der Waals surface area contributed by atoms with Gasteiger partial charge in [-0.3, -0.25) is 19.9 Å². The maximum Gasteiger partial charge on any atom is 0.159 e. The fourth-order valence-electron chi connectivity index (χ4n) is 4.97. The number of halogens is 2. The molecule has 4 heterocycles. The number of pyridine rings is 2. The van der Waals surface area contributed by atoms with Crippen molar-refractivity contribution in [1.82, 2.24) is 14.9 Å². The molecule has 7 heteroatoms. The summed E-state index contributed by atoms with van der Waals surface area (Å²) in [6.45, 7) is 3.37.